The van der Waals surface area contributed by atoms with Gasteiger partial charge in [0.05, 0.1) is 36.3 Å². The number of aromatic nitrogens is 1. The van der Waals surface area contributed by atoms with Crippen LogP contribution in [-0.4, -0.2) is 42.6 Å². The van der Waals surface area contributed by atoms with Crippen LogP contribution in [0, 0.1) is 25.2 Å². The van der Waals surface area contributed by atoms with Gasteiger partial charge in [-0.1, -0.05) is 31.2 Å². The summed E-state index contributed by atoms with van der Waals surface area (Å²) in [6.45, 7) is 6.86. The highest BCUT2D eigenvalue weighted by molar-refractivity contribution is 6.07. The van der Waals surface area contributed by atoms with E-state index in [9.17, 15) is 14.3 Å². The van der Waals surface area contributed by atoms with Crippen LogP contribution >= 0.6 is 0 Å². The number of halogens is 1. The first-order chi connectivity index (χ1) is 18.3. The van der Waals surface area contributed by atoms with Crippen LogP contribution in [0.1, 0.15) is 54.1 Å². The summed E-state index contributed by atoms with van der Waals surface area (Å²) < 4.78 is 30.2. The first kappa shape index (κ1) is 26.2. The van der Waals surface area contributed by atoms with Crippen LogP contribution in [0.15, 0.2) is 46.9 Å². The summed E-state index contributed by atoms with van der Waals surface area (Å²) in [4.78, 5) is 17.3. The molecule has 4 aromatic rings. The van der Waals surface area contributed by atoms with Gasteiger partial charge in [0.15, 0.2) is 5.76 Å². The normalized spacial score (nSPS) is 19.7. The van der Waals surface area contributed by atoms with Gasteiger partial charge in [-0.25, -0.2) is 14.2 Å². The minimum Gasteiger partial charge on any atom is -0.493 e. The number of alkyl halides is 1. The molecule has 38 heavy (non-hydrogen) atoms. The lowest BCUT2D eigenvalue weighted by Crippen LogP contribution is -2.31. The number of ether oxygens (including phenoxy) is 2. The van der Waals surface area contributed by atoms with Crippen molar-refractivity contribution in [2.24, 2.45) is 11.3 Å². The predicted molar refractivity (Wildman–Crippen MR) is 146 cm³/mol. The zero-order valence-corrected chi connectivity index (χ0v) is 22.2. The van der Waals surface area contributed by atoms with E-state index >= 15 is 0 Å². The molecule has 0 amide bonds. The molecule has 0 bridgehead atoms. The minimum atomic E-state index is -1.04. The molecule has 2 aromatic heterocycles. The molecular weight excluding hydrogens is 485 g/mol. The number of carboxylic acid groups (broad SMARTS) is 1. The number of hydrogen-bond donors (Lipinski definition) is 1. The topological polar surface area (TPSA) is 81.8 Å². The van der Waals surface area contributed by atoms with Crippen molar-refractivity contribution < 1.29 is 28.2 Å². The summed E-state index contributed by atoms with van der Waals surface area (Å²) in [5, 5.41) is 11.7. The van der Waals surface area contributed by atoms with Crippen LogP contribution in [0.4, 0.5) is 4.39 Å². The molecule has 1 N–H and O–H groups in total. The highest BCUT2D eigenvalue weighted by Crippen LogP contribution is 2.40. The van der Waals surface area contributed by atoms with E-state index in [1.54, 1.807) is 6.07 Å². The van der Waals surface area contributed by atoms with Crippen molar-refractivity contribution in [2.75, 3.05) is 26.5 Å². The average molecular weight is 520 g/mol. The van der Waals surface area contributed by atoms with Gasteiger partial charge in [-0.15, -0.1) is 0 Å². The monoisotopic (exact) mass is 519 g/mol. The fraction of sp³-hybridized carbons (Fsp3) is 0.419. The number of aryl methyl sites for hydroxylation is 2. The number of fused-ring (bicyclic) bond motifs is 2. The Morgan fingerprint density at radius 1 is 1.18 bits per heavy atom. The smallest absolute Gasteiger partial charge is 0.336 e. The molecule has 1 aliphatic rings. The molecular formula is C31H34FNO5. The zero-order chi connectivity index (χ0) is 26.9. The molecule has 7 heteroatoms. The number of furan rings is 1. The molecule has 0 aliphatic heterocycles. The highest BCUT2D eigenvalue weighted by atomic mass is 19.1. The lowest BCUT2D eigenvalue weighted by Gasteiger charge is -2.37. The number of nitrogens with zero attached hydrogens (tertiary/aromatic N) is 1. The summed E-state index contributed by atoms with van der Waals surface area (Å²) in [5.41, 5.74) is 3.83. The molecule has 2 heterocycles. The van der Waals surface area contributed by atoms with Gasteiger partial charge >= 0.3 is 5.97 Å². The largest absolute Gasteiger partial charge is 0.493 e. The standard InChI is InChI=1S/C31H34FNO5/c1-19-8-9-26(37-17-21-10-12-31(3,13-11-21)18-36-15-14-32)27-23(30(34)35)16-24(33-28(19)27)29-20(2)22-6-4-5-7-25(22)38-29/h4-9,16,21H,10-15,17-18H2,1-3H3,(H,34,35). The Hall–Kier alpha value is -3.45. The number of pyridine rings is 1. The van der Waals surface area contributed by atoms with Crippen LogP contribution in [0.2, 0.25) is 0 Å². The van der Waals surface area contributed by atoms with Gasteiger partial charge in [0.1, 0.15) is 23.7 Å². The number of carboxylic acids is 1. The summed E-state index contributed by atoms with van der Waals surface area (Å²) in [6.07, 6.45) is 3.95. The Bertz CT molecular complexity index is 1470. The number of hydrogen-bond acceptors (Lipinski definition) is 5. The van der Waals surface area contributed by atoms with Crippen molar-refractivity contribution >= 4 is 27.8 Å². The number of carbonyl (C=O) groups is 1. The van der Waals surface area contributed by atoms with Crippen LogP contribution in [0.3, 0.4) is 0 Å². The molecule has 1 saturated carbocycles. The Kier molecular flexibility index (Phi) is 7.39. The molecule has 2 aromatic carbocycles. The SMILES string of the molecule is Cc1c(-c2cc(C(=O)O)c3c(OCC4CCC(C)(COCCF)CC4)ccc(C)c3n2)oc2ccccc12. The van der Waals surface area contributed by atoms with Gasteiger partial charge in [-0.3, -0.25) is 0 Å². The lowest BCUT2D eigenvalue weighted by molar-refractivity contribution is 0.0121. The molecule has 0 spiro atoms. The fourth-order valence-corrected chi connectivity index (χ4v) is 5.53. The van der Waals surface area contributed by atoms with Gasteiger partial charge in [0.25, 0.3) is 0 Å². The molecule has 0 unspecified atom stereocenters. The second-order valence-corrected chi connectivity index (χ2v) is 10.8. The second-order valence-electron chi connectivity index (χ2n) is 10.8. The summed E-state index contributed by atoms with van der Waals surface area (Å²) in [5.74, 6) is 0.425. The molecule has 0 atom stereocenters. The Labute approximate surface area is 221 Å². The summed E-state index contributed by atoms with van der Waals surface area (Å²) in [6, 6.07) is 13.1. The third-order valence-electron chi connectivity index (χ3n) is 7.89. The number of para-hydroxylation sites is 1. The number of benzene rings is 2. The molecule has 0 radical (unpaired) electrons. The van der Waals surface area contributed by atoms with E-state index in [4.69, 9.17) is 18.9 Å². The quantitative estimate of drug-likeness (QED) is 0.230. The highest BCUT2D eigenvalue weighted by Gasteiger charge is 2.32. The molecule has 5 rings (SSSR count). The third-order valence-corrected chi connectivity index (χ3v) is 7.89. The fourth-order valence-electron chi connectivity index (χ4n) is 5.53. The zero-order valence-electron chi connectivity index (χ0n) is 22.2. The van der Waals surface area contributed by atoms with E-state index in [-0.39, 0.29) is 17.6 Å². The van der Waals surface area contributed by atoms with Gasteiger partial charge in [-0.2, -0.15) is 0 Å². The second kappa shape index (κ2) is 10.7. The minimum absolute atomic E-state index is 0.0633. The van der Waals surface area contributed by atoms with Gasteiger partial charge in [-0.05, 0) is 74.6 Å². The van der Waals surface area contributed by atoms with Crippen LogP contribution in [0.25, 0.3) is 33.3 Å². The average Bonchev–Trinajstić information content (AvgIpc) is 3.25. The molecule has 0 saturated heterocycles. The molecule has 1 aliphatic carbocycles. The maximum Gasteiger partial charge on any atom is 0.336 e. The molecule has 200 valence electrons. The van der Waals surface area contributed by atoms with Crippen molar-refractivity contribution in [3.8, 4) is 17.2 Å². The first-order valence-electron chi connectivity index (χ1n) is 13.2. The molecule has 6 nitrogen and oxygen atoms in total. The van der Waals surface area contributed by atoms with Crippen molar-refractivity contribution in [2.45, 2.75) is 46.5 Å². The van der Waals surface area contributed by atoms with E-state index in [0.29, 0.717) is 47.2 Å². The van der Waals surface area contributed by atoms with Crippen molar-refractivity contribution in [3.63, 3.8) is 0 Å². The van der Waals surface area contributed by atoms with Crippen molar-refractivity contribution in [3.05, 3.63) is 59.2 Å². The van der Waals surface area contributed by atoms with Crippen LogP contribution in [-0.2, 0) is 4.74 Å². The first-order valence-corrected chi connectivity index (χ1v) is 13.2. The van der Waals surface area contributed by atoms with E-state index in [1.807, 2.05) is 50.2 Å². The lowest BCUT2D eigenvalue weighted by atomic mass is 9.72. The summed E-state index contributed by atoms with van der Waals surface area (Å²) >= 11 is 0. The summed E-state index contributed by atoms with van der Waals surface area (Å²) in [7, 11) is 0. The van der Waals surface area contributed by atoms with Crippen molar-refractivity contribution in [1.29, 1.82) is 0 Å². The number of rotatable bonds is 9. The van der Waals surface area contributed by atoms with E-state index in [2.05, 4.69) is 6.92 Å². The maximum absolute atomic E-state index is 12.5. The van der Waals surface area contributed by atoms with E-state index in [1.165, 1.54) is 0 Å². The molecule has 1 fully saturated rings. The number of aromatic carboxylic acids is 1. The van der Waals surface area contributed by atoms with Crippen molar-refractivity contribution in [1.82, 2.24) is 4.98 Å². The van der Waals surface area contributed by atoms with E-state index < -0.39 is 12.6 Å². The van der Waals surface area contributed by atoms with Gasteiger partial charge < -0.3 is 19.0 Å². The van der Waals surface area contributed by atoms with Gasteiger partial charge in [0.2, 0.25) is 0 Å². The third kappa shape index (κ3) is 5.12. The predicted octanol–water partition coefficient (Wildman–Crippen LogP) is 7.52. The van der Waals surface area contributed by atoms with Gasteiger partial charge in [0, 0.05) is 10.9 Å². The Morgan fingerprint density at radius 3 is 2.66 bits per heavy atom. The van der Waals surface area contributed by atoms with Crippen LogP contribution < -0.4 is 4.74 Å². The van der Waals surface area contributed by atoms with E-state index in [0.717, 1.165) is 47.8 Å². The maximum atomic E-state index is 12.5. The Balaban J connectivity index is 1.42. The Morgan fingerprint density at radius 2 is 1.95 bits per heavy atom. The van der Waals surface area contributed by atoms with Crippen LogP contribution in [0.5, 0.6) is 5.75 Å².